The summed E-state index contributed by atoms with van der Waals surface area (Å²) in [7, 11) is 0. The van der Waals surface area contributed by atoms with Gasteiger partial charge in [0.15, 0.2) is 0 Å². The Morgan fingerprint density at radius 1 is 1.23 bits per heavy atom. The molecule has 0 spiro atoms. The maximum atomic E-state index is 2.49. The molecule has 0 amide bonds. The van der Waals surface area contributed by atoms with Gasteiger partial charge in [-0.3, -0.25) is 0 Å². The molecule has 1 aliphatic carbocycles. The van der Waals surface area contributed by atoms with E-state index in [4.69, 9.17) is 0 Å². The van der Waals surface area contributed by atoms with Crippen molar-refractivity contribution in [2.24, 2.45) is 11.8 Å². The molecule has 76 valence electrons. The molecule has 0 unspecified atom stereocenters. The van der Waals surface area contributed by atoms with Crippen LogP contribution < -0.4 is 0 Å². The van der Waals surface area contributed by atoms with Gasteiger partial charge >= 0.3 is 0 Å². The van der Waals surface area contributed by atoms with Gasteiger partial charge in [0.25, 0.3) is 0 Å². The fourth-order valence-electron chi connectivity index (χ4n) is 2.22. The molecule has 1 fully saturated rings. The Kier molecular flexibility index (Phi) is 5.19. The van der Waals surface area contributed by atoms with E-state index in [0.29, 0.717) is 0 Å². The molecule has 0 bridgehead atoms. The second-order valence-corrected chi connectivity index (χ2v) is 4.50. The minimum absolute atomic E-state index is 0.894. The zero-order chi connectivity index (χ0) is 9.52. The molecule has 13 heavy (non-hydrogen) atoms. The first-order valence-electron chi connectivity index (χ1n) is 6.01. The van der Waals surface area contributed by atoms with Crippen molar-refractivity contribution in [3.63, 3.8) is 0 Å². The summed E-state index contributed by atoms with van der Waals surface area (Å²) in [5, 5.41) is 0. The largest absolute Gasteiger partial charge is 0.0883 e. The van der Waals surface area contributed by atoms with E-state index >= 15 is 0 Å². The van der Waals surface area contributed by atoms with Crippen LogP contribution in [-0.2, 0) is 0 Å². The molecule has 0 radical (unpaired) electrons. The first kappa shape index (κ1) is 10.8. The summed E-state index contributed by atoms with van der Waals surface area (Å²) in [6.45, 7) is 4.67. The van der Waals surface area contributed by atoms with Crippen LogP contribution in [0.5, 0.6) is 0 Å². The van der Waals surface area contributed by atoms with Gasteiger partial charge in [-0.15, -0.1) is 0 Å². The lowest BCUT2D eigenvalue weighted by Crippen LogP contribution is -2.14. The Balaban J connectivity index is 2.21. The van der Waals surface area contributed by atoms with Gasteiger partial charge in [0.1, 0.15) is 0 Å². The minimum atomic E-state index is 0.894. The third-order valence-corrected chi connectivity index (χ3v) is 3.29. The van der Waals surface area contributed by atoms with Crippen LogP contribution in [0.3, 0.4) is 0 Å². The third-order valence-electron chi connectivity index (χ3n) is 3.29. The Bertz CT molecular complexity index is 146. The van der Waals surface area contributed by atoms with Gasteiger partial charge in [0, 0.05) is 0 Å². The normalized spacial score (nSPS) is 29.7. The maximum absolute atomic E-state index is 2.49. The molecule has 0 aliphatic heterocycles. The summed E-state index contributed by atoms with van der Waals surface area (Å²) in [6.07, 6.45) is 14.7. The fraction of sp³-hybridized carbons (Fsp3) is 0.846. The molecule has 1 saturated carbocycles. The van der Waals surface area contributed by atoms with E-state index in [2.05, 4.69) is 26.0 Å². The van der Waals surface area contributed by atoms with Crippen molar-refractivity contribution in [2.45, 2.75) is 58.8 Å². The lowest BCUT2D eigenvalue weighted by molar-refractivity contribution is 0.306. The molecule has 0 heteroatoms. The molecule has 0 heterocycles. The average molecular weight is 180 g/mol. The summed E-state index contributed by atoms with van der Waals surface area (Å²) in [6, 6.07) is 0. The van der Waals surface area contributed by atoms with Gasteiger partial charge < -0.3 is 0 Å². The lowest BCUT2D eigenvalue weighted by atomic mass is 9.80. The number of hydrogen-bond acceptors (Lipinski definition) is 0. The van der Waals surface area contributed by atoms with Gasteiger partial charge in [-0.05, 0) is 24.7 Å². The molecule has 0 nitrogen and oxygen atoms in total. The quantitative estimate of drug-likeness (QED) is 0.439. The molecular formula is C13H24. The van der Waals surface area contributed by atoms with Crippen LogP contribution in [0.25, 0.3) is 0 Å². The Morgan fingerprint density at radius 3 is 2.69 bits per heavy atom. The van der Waals surface area contributed by atoms with Crippen molar-refractivity contribution < 1.29 is 0 Å². The molecule has 0 aromatic rings. The van der Waals surface area contributed by atoms with Crippen molar-refractivity contribution in [1.82, 2.24) is 0 Å². The Hall–Kier alpha value is -0.260. The first-order chi connectivity index (χ1) is 6.34. The molecule has 0 saturated heterocycles. The molecule has 1 rings (SSSR count). The Morgan fingerprint density at radius 2 is 2.00 bits per heavy atom. The van der Waals surface area contributed by atoms with Crippen LogP contribution in [-0.4, -0.2) is 0 Å². The first-order valence-corrected chi connectivity index (χ1v) is 6.01. The van der Waals surface area contributed by atoms with Crippen molar-refractivity contribution in [3.05, 3.63) is 12.2 Å². The Labute approximate surface area is 83.4 Å². The molecule has 2 atom stereocenters. The van der Waals surface area contributed by atoms with Crippen molar-refractivity contribution in [2.75, 3.05) is 0 Å². The predicted octanol–water partition coefficient (Wildman–Crippen LogP) is 4.56. The molecule has 0 aromatic heterocycles. The van der Waals surface area contributed by atoms with E-state index in [0.717, 1.165) is 11.8 Å². The van der Waals surface area contributed by atoms with E-state index in [9.17, 15) is 0 Å². The van der Waals surface area contributed by atoms with Crippen molar-refractivity contribution in [3.8, 4) is 0 Å². The van der Waals surface area contributed by atoms with E-state index in [1.54, 1.807) is 0 Å². The summed E-state index contributed by atoms with van der Waals surface area (Å²) >= 11 is 0. The summed E-state index contributed by atoms with van der Waals surface area (Å²) < 4.78 is 0. The smallest absolute Gasteiger partial charge is 0.0208 e. The van der Waals surface area contributed by atoms with Gasteiger partial charge in [0.05, 0.1) is 0 Å². The lowest BCUT2D eigenvalue weighted by Gasteiger charge is -2.25. The van der Waals surface area contributed by atoms with E-state index in [1.807, 2.05) is 0 Å². The zero-order valence-electron chi connectivity index (χ0n) is 9.26. The highest BCUT2D eigenvalue weighted by Gasteiger charge is 2.17. The highest BCUT2D eigenvalue weighted by Crippen LogP contribution is 2.30. The van der Waals surface area contributed by atoms with Gasteiger partial charge in [-0.25, -0.2) is 0 Å². The van der Waals surface area contributed by atoms with Crippen molar-refractivity contribution in [1.29, 1.82) is 0 Å². The SMILES string of the molecule is CCCC/C=C/[C@@H]1CCCC[C@H]1C. The third kappa shape index (κ3) is 3.97. The van der Waals surface area contributed by atoms with E-state index in [-0.39, 0.29) is 0 Å². The van der Waals surface area contributed by atoms with Crippen LogP contribution in [0.15, 0.2) is 12.2 Å². The van der Waals surface area contributed by atoms with Crippen LogP contribution in [0.4, 0.5) is 0 Å². The number of allylic oxidation sites excluding steroid dienone is 2. The second kappa shape index (κ2) is 6.23. The van der Waals surface area contributed by atoms with Gasteiger partial charge in [-0.1, -0.05) is 58.1 Å². The maximum Gasteiger partial charge on any atom is -0.0208 e. The molecule has 0 N–H and O–H groups in total. The zero-order valence-corrected chi connectivity index (χ0v) is 9.26. The fourth-order valence-corrected chi connectivity index (χ4v) is 2.22. The number of rotatable bonds is 4. The van der Waals surface area contributed by atoms with E-state index in [1.165, 1.54) is 44.9 Å². The van der Waals surface area contributed by atoms with Gasteiger partial charge in [-0.2, -0.15) is 0 Å². The number of unbranched alkanes of at least 4 members (excludes halogenated alkanes) is 2. The molecule has 1 aliphatic rings. The summed E-state index contributed by atoms with van der Waals surface area (Å²) in [5.74, 6) is 1.83. The standard InChI is InChI=1S/C13H24/c1-3-4-5-6-10-13-11-8-7-9-12(13)2/h6,10,12-13H,3-5,7-9,11H2,1-2H3/b10-6+/t12-,13-/m1/s1. The van der Waals surface area contributed by atoms with Crippen LogP contribution >= 0.6 is 0 Å². The highest BCUT2D eigenvalue weighted by atomic mass is 14.2. The highest BCUT2D eigenvalue weighted by molar-refractivity contribution is 4.92. The van der Waals surface area contributed by atoms with E-state index < -0.39 is 0 Å². The van der Waals surface area contributed by atoms with Gasteiger partial charge in [0.2, 0.25) is 0 Å². The van der Waals surface area contributed by atoms with Crippen LogP contribution in [0.2, 0.25) is 0 Å². The second-order valence-electron chi connectivity index (χ2n) is 4.50. The summed E-state index contributed by atoms with van der Waals surface area (Å²) in [5.41, 5.74) is 0. The molecular weight excluding hydrogens is 156 g/mol. The topological polar surface area (TPSA) is 0 Å². The van der Waals surface area contributed by atoms with Crippen molar-refractivity contribution >= 4 is 0 Å². The summed E-state index contributed by atoms with van der Waals surface area (Å²) in [4.78, 5) is 0. The molecule has 0 aromatic carbocycles. The number of hydrogen-bond donors (Lipinski definition) is 0. The van der Waals surface area contributed by atoms with Crippen LogP contribution in [0, 0.1) is 11.8 Å². The van der Waals surface area contributed by atoms with Crippen LogP contribution in [0.1, 0.15) is 58.8 Å². The average Bonchev–Trinajstić information content (AvgIpc) is 2.15. The predicted molar refractivity (Wildman–Crippen MR) is 59.8 cm³/mol. The monoisotopic (exact) mass is 180 g/mol. The minimum Gasteiger partial charge on any atom is -0.0883 e.